The quantitative estimate of drug-likeness (QED) is 0.220. The fourth-order valence-corrected chi connectivity index (χ4v) is 2.90. The van der Waals surface area contributed by atoms with Crippen LogP contribution in [-0.4, -0.2) is 23.6 Å². The first-order valence-corrected chi connectivity index (χ1v) is 9.95. The topological polar surface area (TPSA) is 83.0 Å². The molecule has 0 aliphatic rings. The number of hydrogen-bond donors (Lipinski definition) is 3. The molecule has 0 aromatic heterocycles. The zero-order valence-electron chi connectivity index (χ0n) is 17.3. The Labute approximate surface area is 176 Å². The fraction of sp³-hybridized carbons (Fsp3) is 0.364. The van der Waals surface area contributed by atoms with Gasteiger partial charge in [0.15, 0.2) is 0 Å². The number of carbonyl (C=O) groups is 1. The molecule has 0 radical (unpaired) electrons. The zero-order chi connectivity index (χ0) is 21.4. The maximum absolute atomic E-state index is 12.6. The molecule has 2 aromatic carbocycles. The second kappa shape index (κ2) is 10.2. The molecule has 2 amide bonds. The summed E-state index contributed by atoms with van der Waals surface area (Å²) in [7, 11) is 0. The van der Waals surface area contributed by atoms with Crippen LogP contribution in [0.1, 0.15) is 51.7 Å². The number of benzene rings is 2. The van der Waals surface area contributed by atoms with Crippen LogP contribution in [0, 0.1) is 0 Å². The Kier molecular flexibility index (Phi) is 7.91. The number of amides is 2. The molecule has 3 N–H and O–H groups in total. The first-order chi connectivity index (χ1) is 13.8. The number of anilines is 1. The molecular weight excluding hydrogens is 390 g/mol. The average molecular weight is 418 g/mol. The van der Waals surface area contributed by atoms with E-state index in [0.29, 0.717) is 28.8 Å². The fourth-order valence-electron chi connectivity index (χ4n) is 2.73. The first-order valence-electron chi connectivity index (χ1n) is 9.58. The lowest BCUT2D eigenvalue weighted by Crippen LogP contribution is -2.43. The van der Waals surface area contributed by atoms with E-state index in [9.17, 15) is 4.79 Å². The monoisotopic (exact) mass is 417 g/mol. The van der Waals surface area contributed by atoms with E-state index < -0.39 is 5.54 Å². The molecule has 2 rings (SSSR count). The summed E-state index contributed by atoms with van der Waals surface area (Å²) in [5.41, 5.74) is 2.11. The van der Waals surface area contributed by atoms with Gasteiger partial charge in [-0.1, -0.05) is 48.3 Å². The molecule has 0 unspecified atom stereocenters. The van der Waals surface area contributed by atoms with Crippen LogP contribution in [0.25, 0.3) is 0 Å². The molecular formula is C22H28ClN3O3. The lowest BCUT2D eigenvalue weighted by atomic mass is 9.92. The van der Waals surface area contributed by atoms with Gasteiger partial charge in [0, 0.05) is 11.8 Å². The summed E-state index contributed by atoms with van der Waals surface area (Å²) in [5, 5.41) is 18.5. The second-order valence-electron chi connectivity index (χ2n) is 7.32. The third-order valence-electron chi connectivity index (χ3n) is 4.52. The van der Waals surface area contributed by atoms with Crippen molar-refractivity contribution in [1.82, 2.24) is 5.32 Å². The van der Waals surface area contributed by atoms with Crippen molar-refractivity contribution in [3.63, 3.8) is 0 Å². The maximum Gasteiger partial charge on any atom is 0.319 e. The van der Waals surface area contributed by atoms with Gasteiger partial charge in [0.25, 0.3) is 0 Å². The molecule has 0 heterocycles. The molecule has 0 fully saturated rings. The highest BCUT2D eigenvalue weighted by atomic mass is 35.5. The number of rotatable bonds is 8. The zero-order valence-corrected chi connectivity index (χ0v) is 18.0. The predicted molar refractivity (Wildman–Crippen MR) is 117 cm³/mol. The van der Waals surface area contributed by atoms with Crippen molar-refractivity contribution < 1.29 is 14.7 Å². The van der Waals surface area contributed by atoms with Gasteiger partial charge in [-0.05, 0) is 56.5 Å². The van der Waals surface area contributed by atoms with Crippen LogP contribution < -0.4 is 15.4 Å². The van der Waals surface area contributed by atoms with E-state index in [0.717, 1.165) is 24.0 Å². The Morgan fingerprint density at radius 2 is 2.00 bits per heavy atom. The van der Waals surface area contributed by atoms with E-state index in [-0.39, 0.29) is 6.03 Å². The SMILES string of the molecule is CCCCOc1cc(NC(=O)NC(C)(C)c2cccc(/C(C)=N/O)c2)ccc1Cl. The minimum atomic E-state index is -0.650. The molecule has 2 aromatic rings. The average Bonchev–Trinajstić information content (AvgIpc) is 2.69. The summed E-state index contributed by atoms with van der Waals surface area (Å²) in [4.78, 5) is 12.6. The van der Waals surface area contributed by atoms with Crippen LogP contribution in [0.5, 0.6) is 5.75 Å². The molecule has 0 aliphatic heterocycles. The van der Waals surface area contributed by atoms with E-state index in [4.69, 9.17) is 21.5 Å². The highest BCUT2D eigenvalue weighted by Gasteiger charge is 2.23. The lowest BCUT2D eigenvalue weighted by molar-refractivity contribution is 0.242. The smallest absolute Gasteiger partial charge is 0.319 e. The third kappa shape index (κ3) is 6.39. The lowest BCUT2D eigenvalue weighted by Gasteiger charge is -2.27. The van der Waals surface area contributed by atoms with Crippen LogP contribution in [0.2, 0.25) is 5.02 Å². The molecule has 7 heteroatoms. The van der Waals surface area contributed by atoms with Gasteiger partial charge < -0.3 is 20.6 Å². The van der Waals surface area contributed by atoms with Crippen LogP contribution >= 0.6 is 11.6 Å². The number of carbonyl (C=O) groups excluding carboxylic acids is 1. The standard InChI is InChI=1S/C22H28ClN3O3/c1-5-6-12-29-20-14-18(10-11-19(20)23)24-21(27)25-22(3,4)17-9-7-8-16(13-17)15(2)26-28/h7-11,13-14,28H,5-6,12H2,1-4H3,(H2,24,25,27)/b26-15+. The van der Waals surface area contributed by atoms with Crippen molar-refractivity contribution in [1.29, 1.82) is 0 Å². The molecule has 6 nitrogen and oxygen atoms in total. The van der Waals surface area contributed by atoms with E-state index in [1.807, 2.05) is 38.1 Å². The summed E-state index contributed by atoms with van der Waals surface area (Å²) in [6, 6.07) is 12.3. The van der Waals surface area contributed by atoms with Crippen LogP contribution in [0.4, 0.5) is 10.5 Å². The number of nitrogens with zero attached hydrogens (tertiary/aromatic N) is 1. The second-order valence-corrected chi connectivity index (χ2v) is 7.72. The number of oxime groups is 1. The van der Waals surface area contributed by atoms with Gasteiger partial charge in [-0.3, -0.25) is 0 Å². The van der Waals surface area contributed by atoms with Crippen LogP contribution in [-0.2, 0) is 5.54 Å². The van der Waals surface area contributed by atoms with Gasteiger partial charge in [0.05, 0.1) is 22.9 Å². The van der Waals surface area contributed by atoms with E-state index in [1.165, 1.54) is 0 Å². The van der Waals surface area contributed by atoms with Crippen LogP contribution in [0.15, 0.2) is 47.6 Å². The van der Waals surface area contributed by atoms with Crippen molar-refractivity contribution in [2.24, 2.45) is 5.16 Å². The molecule has 0 bridgehead atoms. The van der Waals surface area contributed by atoms with Gasteiger partial charge in [-0.15, -0.1) is 0 Å². The van der Waals surface area contributed by atoms with Crippen LogP contribution in [0.3, 0.4) is 0 Å². The largest absolute Gasteiger partial charge is 0.492 e. The van der Waals surface area contributed by atoms with E-state index in [1.54, 1.807) is 25.1 Å². The summed E-state index contributed by atoms with van der Waals surface area (Å²) >= 11 is 6.17. The number of unbranched alkanes of at least 4 members (excludes halogenated alkanes) is 1. The number of urea groups is 1. The van der Waals surface area contributed by atoms with Gasteiger partial charge in [-0.25, -0.2) is 4.79 Å². The summed E-state index contributed by atoms with van der Waals surface area (Å²) in [6.07, 6.45) is 1.96. The van der Waals surface area contributed by atoms with Crippen molar-refractivity contribution >= 4 is 29.0 Å². The Balaban J connectivity index is 2.09. The number of nitrogens with one attached hydrogen (secondary N) is 2. The van der Waals surface area contributed by atoms with E-state index in [2.05, 4.69) is 22.7 Å². The summed E-state index contributed by atoms with van der Waals surface area (Å²) in [6.45, 7) is 8.18. The molecule has 0 saturated heterocycles. The molecule has 29 heavy (non-hydrogen) atoms. The maximum atomic E-state index is 12.6. The molecule has 0 saturated carbocycles. The molecule has 0 aliphatic carbocycles. The molecule has 156 valence electrons. The number of hydrogen-bond acceptors (Lipinski definition) is 4. The van der Waals surface area contributed by atoms with Crippen molar-refractivity contribution in [3.8, 4) is 5.75 Å². The summed E-state index contributed by atoms with van der Waals surface area (Å²) in [5.74, 6) is 0.545. The van der Waals surface area contributed by atoms with Gasteiger partial charge >= 0.3 is 6.03 Å². The Morgan fingerprint density at radius 1 is 1.24 bits per heavy atom. The van der Waals surface area contributed by atoms with Crippen molar-refractivity contribution in [2.75, 3.05) is 11.9 Å². The Hall–Kier alpha value is -2.73. The number of halogens is 1. The summed E-state index contributed by atoms with van der Waals surface area (Å²) < 4.78 is 5.68. The first kappa shape index (κ1) is 22.6. The predicted octanol–water partition coefficient (Wildman–Crippen LogP) is 5.77. The Morgan fingerprint density at radius 3 is 2.69 bits per heavy atom. The Bertz CT molecular complexity index is 881. The molecule has 0 spiro atoms. The minimum absolute atomic E-state index is 0.352. The normalized spacial score (nSPS) is 11.8. The molecule has 0 atom stereocenters. The van der Waals surface area contributed by atoms with Crippen molar-refractivity contribution in [2.45, 2.75) is 46.1 Å². The highest BCUT2D eigenvalue weighted by molar-refractivity contribution is 6.32. The highest BCUT2D eigenvalue weighted by Crippen LogP contribution is 2.28. The van der Waals surface area contributed by atoms with Crippen molar-refractivity contribution in [3.05, 3.63) is 58.6 Å². The van der Waals surface area contributed by atoms with E-state index >= 15 is 0 Å². The van der Waals surface area contributed by atoms with Gasteiger partial charge in [-0.2, -0.15) is 0 Å². The third-order valence-corrected chi connectivity index (χ3v) is 4.83. The number of ether oxygens (including phenoxy) is 1. The van der Waals surface area contributed by atoms with Gasteiger partial charge in [0.2, 0.25) is 0 Å². The van der Waals surface area contributed by atoms with Gasteiger partial charge in [0.1, 0.15) is 5.75 Å². The minimum Gasteiger partial charge on any atom is -0.492 e.